The van der Waals surface area contributed by atoms with Gasteiger partial charge in [0.1, 0.15) is 18.8 Å². The van der Waals surface area contributed by atoms with Crippen molar-refractivity contribution >= 4 is 29.8 Å². The summed E-state index contributed by atoms with van der Waals surface area (Å²) in [6, 6.07) is -1.22. The van der Waals surface area contributed by atoms with Gasteiger partial charge < -0.3 is 29.0 Å². The molecule has 166 valence electrons. The standard InChI is InChI=1S/C19H25NO10/c1-6-7-8-15(25)20-16-18(28-12(4)23)17(27-11(3)22)14(9-26-10(2)21)30-19(16)29-13(5)24/h1,14,16-19H,7-9H2,2-5H3,(H,20,25)/t14?,16-,17-,18?,19-/m1/s1. The van der Waals surface area contributed by atoms with Crippen LogP contribution in [0.1, 0.15) is 40.5 Å². The monoisotopic (exact) mass is 427 g/mol. The van der Waals surface area contributed by atoms with Crippen LogP contribution in [0.15, 0.2) is 0 Å². The number of carbonyl (C=O) groups is 5. The Hall–Kier alpha value is -3.13. The molecule has 1 aliphatic heterocycles. The highest BCUT2D eigenvalue weighted by Crippen LogP contribution is 2.28. The molecule has 2 unspecified atom stereocenters. The largest absolute Gasteiger partial charge is 0.463 e. The first-order chi connectivity index (χ1) is 14.0. The van der Waals surface area contributed by atoms with Crippen LogP contribution >= 0.6 is 0 Å². The van der Waals surface area contributed by atoms with E-state index in [1.165, 1.54) is 0 Å². The third-order valence-electron chi connectivity index (χ3n) is 3.81. The number of esters is 4. The zero-order valence-corrected chi connectivity index (χ0v) is 17.2. The summed E-state index contributed by atoms with van der Waals surface area (Å²) in [4.78, 5) is 58.4. The molecule has 1 heterocycles. The van der Waals surface area contributed by atoms with Gasteiger partial charge in [0.05, 0.1) is 0 Å². The molecule has 1 aliphatic rings. The predicted molar refractivity (Wildman–Crippen MR) is 98.2 cm³/mol. The van der Waals surface area contributed by atoms with Crippen LogP contribution in [0.25, 0.3) is 0 Å². The van der Waals surface area contributed by atoms with Crippen molar-refractivity contribution < 1.29 is 47.7 Å². The summed E-state index contributed by atoms with van der Waals surface area (Å²) in [6.45, 7) is 4.11. The minimum absolute atomic E-state index is 0.0539. The molecule has 1 amide bonds. The molecule has 1 fully saturated rings. The Morgan fingerprint density at radius 3 is 1.97 bits per heavy atom. The average Bonchev–Trinajstić information content (AvgIpc) is 2.62. The normalized spacial score (nSPS) is 25.2. The first-order valence-corrected chi connectivity index (χ1v) is 9.08. The lowest BCUT2D eigenvalue weighted by Gasteiger charge is -2.44. The second kappa shape index (κ2) is 11.8. The van der Waals surface area contributed by atoms with Crippen LogP contribution in [-0.4, -0.2) is 67.0 Å². The van der Waals surface area contributed by atoms with Gasteiger partial charge in [-0.1, -0.05) is 0 Å². The van der Waals surface area contributed by atoms with Gasteiger partial charge in [-0.3, -0.25) is 24.0 Å². The molecule has 0 radical (unpaired) electrons. The van der Waals surface area contributed by atoms with Crippen LogP contribution in [0, 0.1) is 12.3 Å². The summed E-state index contributed by atoms with van der Waals surface area (Å²) in [5.74, 6) is -1.10. The maximum Gasteiger partial charge on any atom is 0.305 e. The Labute approximate surface area is 173 Å². The minimum atomic E-state index is -1.42. The summed E-state index contributed by atoms with van der Waals surface area (Å²) in [6.07, 6.45) is 0.0964. The third kappa shape index (κ3) is 8.08. The van der Waals surface area contributed by atoms with E-state index in [9.17, 15) is 24.0 Å². The van der Waals surface area contributed by atoms with Gasteiger partial charge in [0.15, 0.2) is 12.2 Å². The van der Waals surface area contributed by atoms with E-state index in [0.29, 0.717) is 0 Å². The van der Waals surface area contributed by atoms with Crippen LogP contribution in [0.2, 0.25) is 0 Å². The zero-order valence-electron chi connectivity index (χ0n) is 17.2. The second-order valence-corrected chi connectivity index (χ2v) is 6.40. The quantitative estimate of drug-likeness (QED) is 0.309. The molecule has 11 heteroatoms. The zero-order chi connectivity index (χ0) is 22.8. The van der Waals surface area contributed by atoms with Gasteiger partial charge >= 0.3 is 23.9 Å². The summed E-state index contributed by atoms with van der Waals surface area (Å²) in [7, 11) is 0. The fraction of sp³-hybridized carbons (Fsp3) is 0.632. The maximum atomic E-state index is 12.2. The summed E-state index contributed by atoms with van der Waals surface area (Å²) in [5, 5.41) is 2.54. The van der Waals surface area contributed by atoms with E-state index in [4.69, 9.17) is 30.1 Å². The van der Waals surface area contributed by atoms with Crippen molar-refractivity contribution in [3.8, 4) is 12.3 Å². The number of carbonyl (C=O) groups excluding carboxylic acids is 5. The van der Waals surface area contributed by atoms with Crippen molar-refractivity contribution in [3.63, 3.8) is 0 Å². The van der Waals surface area contributed by atoms with Gasteiger partial charge in [-0.2, -0.15) is 0 Å². The van der Waals surface area contributed by atoms with Crippen LogP contribution in [0.5, 0.6) is 0 Å². The Morgan fingerprint density at radius 1 is 0.900 bits per heavy atom. The molecule has 1 rings (SSSR count). The van der Waals surface area contributed by atoms with Crippen molar-refractivity contribution in [3.05, 3.63) is 0 Å². The fourth-order valence-electron chi connectivity index (χ4n) is 2.76. The Kier molecular flexibility index (Phi) is 9.77. The molecule has 0 aromatic heterocycles. The second-order valence-electron chi connectivity index (χ2n) is 6.40. The predicted octanol–water partition coefficient (Wildman–Crippen LogP) is -0.401. The van der Waals surface area contributed by atoms with Gasteiger partial charge in [-0.05, 0) is 0 Å². The SMILES string of the molecule is C#CCCC(=O)N[C@@H]1C(OC(C)=O)[C@H](OC(C)=O)C(COC(C)=O)O[C@H]1OC(C)=O. The van der Waals surface area contributed by atoms with E-state index in [1.54, 1.807) is 0 Å². The number of hydrogen-bond acceptors (Lipinski definition) is 10. The minimum Gasteiger partial charge on any atom is -0.463 e. The number of ether oxygens (including phenoxy) is 5. The van der Waals surface area contributed by atoms with E-state index >= 15 is 0 Å². The lowest BCUT2D eigenvalue weighted by atomic mass is 9.96. The average molecular weight is 427 g/mol. The van der Waals surface area contributed by atoms with Gasteiger partial charge in [0, 0.05) is 40.5 Å². The van der Waals surface area contributed by atoms with E-state index < -0.39 is 60.4 Å². The first-order valence-electron chi connectivity index (χ1n) is 9.08. The lowest BCUT2D eigenvalue weighted by Crippen LogP contribution is -2.67. The van der Waals surface area contributed by atoms with Crippen LogP contribution in [-0.2, 0) is 47.7 Å². The highest BCUT2D eigenvalue weighted by molar-refractivity contribution is 5.77. The molecule has 11 nitrogen and oxygen atoms in total. The first kappa shape index (κ1) is 24.9. The van der Waals surface area contributed by atoms with E-state index in [1.807, 2.05) is 0 Å². The van der Waals surface area contributed by atoms with Gasteiger partial charge in [0.2, 0.25) is 12.2 Å². The Morgan fingerprint density at radius 2 is 1.47 bits per heavy atom. The van der Waals surface area contributed by atoms with E-state index in [2.05, 4.69) is 11.2 Å². The molecule has 5 atom stereocenters. The number of nitrogens with one attached hydrogen (secondary N) is 1. The molecule has 0 aromatic rings. The fourth-order valence-corrected chi connectivity index (χ4v) is 2.76. The van der Waals surface area contributed by atoms with Crippen molar-refractivity contribution in [1.29, 1.82) is 0 Å². The molecule has 0 saturated carbocycles. The van der Waals surface area contributed by atoms with Crippen molar-refractivity contribution in [2.24, 2.45) is 0 Å². The van der Waals surface area contributed by atoms with Gasteiger partial charge in [-0.15, -0.1) is 12.3 Å². The van der Waals surface area contributed by atoms with E-state index in [0.717, 1.165) is 27.7 Å². The molecule has 0 aliphatic carbocycles. The molecule has 1 saturated heterocycles. The number of terminal acetylenes is 1. The molecule has 1 N–H and O–H groups in total. The van der Waals surface area contributed by atoms with Crippen LogP contribution in [0.3, 0.4) is 0 Å². The Balaban J connectivity index is 3.30. The molecule has 0 spiro atoms. The molecule has 30 heavy (non-hydrogen) atoms. The highest BCUT2D eigenvalue weighted by Gasteiger charge is 2.52. The van der Waals surface area contributed by atoms with Crippen LogP contribution < -0.4 is 5.32 Å². The Bertz CT molecular complexity index is 713. The molecular weight excluding hydrogens is 402 g/mol. The molecule has 0 bridgehead atoms. The maximum absolute atomic E-state index is 12.2. The lowest BCUT2D eigenvalue weighted by molar-refractivity contribution is -0.271. The smallest absolute Gasteiger partial charge is 0.305 e. The third-order valence-corrected chi connectivity index (χ3v) is 3.81. The van der Waals surface area contributed by atoms with E-state index in [-0.39, 0.29) is 19.4 Å². The van der Waals surface area contributed by atoms with Gasteiger partial charge in [0.25, 0.3) is 0 Å². The van der Waals surface area contributed by atoms with Crippen molar-refractivity contribution in [1.82, 2.24) is 5.32 Å². The topological polar surface area (TPSA) is 144 Å². The number of amides is 1. The number of hydrogen-bond donors (Lipinski definition) is 1. The highest BCUT2D eigenvalue weighted by atomic mass is 16.7. The summed E-state index contributed by atoms with van der Waals surface area (Å²) >= 11 is 0. The summed E-state index contributed by atoms with van der Waals surface area (Å²) < 4.78 is 26.2. The molecule has 0 aromatic carbocycles. The van der Waals surface area contributed by atoms with Gasteiger partial charge in [-0.25, -0.2) is 0 Å². The number of rotatable bonds is 8. The van der Waals surface area contributed by atoms with Crippen LogP contribution in [0.4, 0.5) is 0 Å². The molecular formula is C19H25NO10. The van der Waals surface area contributed by atoms with Crippen molar-refractivity contribution in [2.75, 3.05) is 6.61 Å². The summed E-state index contributed by atoms with van der Waals surface area (Å²) in [5.41, 5.74) is 0. The van der Waals surface area contributed by atoms with Crippen molar-refractivity contribution in [2.45, 2.75) is 71.2 Å².